The molecule has 5 nitrogen and oxygen atoms in total. The molecule has 2 amide bonds. The Bertz CT molecular complexity index is 550. The van der Waals surface area contributed by atoms with E-state index in [9.17, 15) is 9.59 Å². The van der Waals surface area contributed by atoms with E-state index < -0.39 is 17.7 Å². The summed E-state index contributed by atoms with van der Waals surface area (Å²) in [6, 6.07) is 8.51. The zero-order chi connectivity index (χ0) is 19.0. The fourth-order valence-electron chi connectivity index (χ4n) is 2.52. The average Bonchev–Trinajstić information content (AvgIpc) is 2.51. The molecule has 2 N–H and O–H groups in total. The van der Waals surface area contributed by atoms with Crippen LogP contribution in [-0.4, -0.2) is 23.6 Å². The van der Waals surface area contributed by atoms with E-state index in [1.54, 1.807) is 20.8 Å². The summed E-state index contributed by atoms with van der Waals surface area (Å²) in [5, 5.41) is 5.78. The van der Waals surface area contributed by atoms with Crippen molar-refractivity contribution in [2.24, 2.45) is 5.92 Å². The second kappa shape index (κ2) is 9.44. The summed E-state index contributed by atoms with van der Waals surface area (Å²) in [6.45, 7) is 11.6. The molecular weight excluding hydrogens is 316 g/mol. The lowest BCUT2D eigenvalue weighted by atomic mass is 9.98. The van der Waals surface area contributed by atoms with Crippen LogP contribution < -0.4 is 10.6 Å². The van der Waals surface area contributed by atoms with Gasteiger partial charge in [0.05, 0.1) is 0 Å². The van der Waals surface area contributed by atoms with Crippen LogP contribution in [-0.2, 0) is 9.53 Å². The number of benzene rings is 1. The molecule has 0 saturated carbocycles. The highest BCUT2D eigenvalue weighted by Crippen LogP contribution is 2.17. The number of carbonyl (C=O) groups excluding carboxylic acids is 2. The molecule has 0 aliphatic heterocycles. The minimum atomic E-state index is -0.783. The van der Waals surface area contributed by atoms with Crippen LogP contribution in [0.4, 0.5) is 4.79 Å². The van der Waals surface area contributed by atoms with Crippen molar-refractivity contribution in [1.82, 2.24) is 10.6 Å². The number of alkyl carbamates (subject to hydrolysis) is 1. The van der Waals surface area contributed by atoms with Crippen molar-refractivity contribution < 1.29 is 14.3 Å². The van der Waals surface area contributed by atoms with Crippen LogP contribution >= 0.6 is 0 Å². The number of nitrogens with one attached hydrogen (secondary N) is 2. The van der Waals surface area contributed by atoms with E-state index in [4.69, 9.17) is 4.74 Å². The molecular formula is C20H32N2O3. The van der Waals surface area contributed by atoms with Crippen molar-refractivity contribution in [2.75, 3.05) is 0 Å². The maximum atomic E-state index is 12.9. The molecule has 1 aromatic carbocycles. The Kier molecular flexibility index (Phi) is 7.94. The predicted molar refractivity (Wildman–Crippen MR) is 100 cm³/mol. The van der Waals surface area contributed by atoms with Crippen molar-refractivity contribution >= 4 is 12.0 Å². The normalized spacial score (nSPS) is 13.9. The van der Waals surface area contributed by atoms with E-state index in [0.717, 1.165) is 18.4 Å². The molecule has 0 aliphatic carbocycles. The quantitative estimate of drug-likeness (QED) is 0.776. The van der Waals surface area contributed by atoms with Gasteiger partial charge in [0.1, 0.15) is 11.6 Å². The lowest BCUT2D eigenvalue weighted by Gasteiger charge is -2.27. The number of hydrogen-bond donors (Lipinski definition) is 2. The zero-order valence-electron chi connectivity index (χ0n) is 16.3. The summed E-state index contributed by atoms with van der Waals surface area (Å²) in [6.07, 6.45) is 1.28. The molecule has 1 aromatic rings. The number of amides is 2. The highest BCUT2D eigenvalue weighted by Gasteiger charge is 2.27. The van der Waals surface area contributed by atoms with E-state index in [2.05, 4.69) is 31.4 Å². The van der Waals surface area contributed by atoms with E-state index in [1.807, 2.05) is 30.3 Å². The van der Waals surface area contributed by atoms with Gasteiger partial charge in [0.25, 0.3) is 0 Å². The second-order valence-corrected chi connectivity index (χ2v) is 7.64. The van der Waals surface area contributed by atoms with E-state index >= 15 is 0 Å². The van der Waals surface area contributed by atoms with Gasteiger partial charge >= 0.3 is 6.09 Å². The molecule has 140 valence electrons. The Morgan fingerprint density at radius 1 is 1.08 bits per heavy atom. The van der Waals surface area contributed by atoms with E-state index in [-0.39, 0.29) is 11.9 Å². The molecule has 5 heteroatoms. The zero-order valence-corrected chi connectivity index (χ0v) is 16.3. The van der Waals surface area contributed by atoms with Gasteiger partial charge in [-0.1, -0.05) is 57.5 Å². The first kappa shape index (κ1) is 21.0. The first-order valence-corrected chi connectivity index (χ1v) is 8.99. The van der Waals surface area contributed by atoms with Crippen LogP contribution in [0.25, 0.3) is 0 Å². The molecule has 0 spiro atoms. The van der Waals surface area contributed by atoms with Crippen LogP contribution in [0.5, 0.6) is 0 Å². The summed E-state index contributed by atoms with van der Waals surface area (Å²) in [7, 11) is 0. The Hall–Kier alpha value is -2.04. The minimum Gasteiger partial charge on any atom is -0.444 e. The Balaban J connectivity index is 2.94. The first-order valence-electron chi connectivity index (χ1n) is 8.99. The van der Waals surface area contributed by atoms with E-state index in [1.165, 1.54) is 0 Å². The van der Waals surface area contributed by atoms with Crippen molar-refractivity contribution in [2.45, 2.75) is 72.1 Å². The van der Waals surface area contributed by atoms with Gasteiger partial charge in [0.2, 0.25) is 5.91 Å². The van der Waals surface area contributed by atoms with Crippen LogP contribution in [0.1, 0.15) is 66.0 Å². The van der Waals surface area contributed by atoms with Crippen molar-refractivity contribution in [3.05, 3.63) is 35.9 Å². The van der Waals surface area contributed by atoms with Crippen molar-refractivity contribution in [3.63, 3.8) is 0 Å². The molecule has 0 aromatic heterocycles. The van der Waals surface area contributed by atoms with Gasteiger partial charge in [-0.3, -0.25) is 4.79 Å². The Morgan fingerprint density at radius 2 is 1.68 bits per heavy atom. The van der Waals surface area contributed by atoms with Gasteiger partial charge in [-0.2, -0.15) is 0 Å². The third-order valence-corrected chi connectivity index (χ3v) is 3.79. The fourth-order valence-corrected chi connectivity index (χ4v) is 2.52. The maximum Gasteiger partial charge on any atom is 0.408 e. The van der Waals surface area contributed by atoms with Crippen molar-refractivity contribution in [1.29, 1.82) is 0 Å². The van der Waals surface area contributed by atoms with Gasteiger partial charge in [-0.25, -0.2) is 4.79 Å². The van der Waals surface area contributed by atoms with Crippen LogP contribution in [0.15, 0.2) is 30.3 Å². The molecule has 25 heavy (non-hydrogen) atoms. The van der Waals surface area contributed by atoms with Crippen molar-refractivity contribution in [3.8, 4) is 0 Å². The van der Waals surface area contributed by atoms with Gasteiger partial charge in [0.15, 0.2) is 0 Å². The highest BCUT2D eigenvalue weighted by atomic mass is 16.6. The number of carbonyl (C=O) groups is 2. The molecule has 0 heterocycles. The average molecular weight is 348 g/mol. The lowest BCUT2D eigenvalue weighted by molar-refractivity contribution is -0.124. The number of ether oxygens (including phenoxy) is 1. The third kappa shape index (κ3) is 7.59. The summed E-state index contributed by atoms with van der Waals surface area (Å²) in [5.41, 5.74) is 0.106. The van der Waals surface area contributed by atoms with Crippen LogP contribution in [0.3, 0.4) is 0 Å². The number of hydrogen-bond acceptors (Lipinski definition) is 3. The van der Waals surface area contributed by atoms with Gasteiger partial charge in [0, 0.05) is 6.04 Å². The SMILES string of the molecule is CCC[C@@H](NC(=O)[C@@H](NC(=O)OC(C)(C)C)c1ccccc1)C(C)C. The molecule has 1 rings (SSSR count). The van der Waals surface area contributed by atoms with Gasteiger partial charge in [-0.05, 0) is 38.7 Å². The summed E-state index contributed by atoms with van der Waals surface area (Å²) in [4.78, 5) is 25.0. The second-order valence-electron chi connectivity index (χ2n) is 7.64. The smallest absolute Gasteiger partial charge is 0.408 e. The Morgan fingerprint density at radius 3 is 2.16 bits per heavy atom. The molecule has 0 aliphatic rings. The maximum absolute atomic E-state index is 12.9. The standard InChI is InChI=1S/C20H32N2O3/c1-7-11-16(14(2)3)21-18(23)17(15-12-9-8-10-13-15)22-19(24)25-20(4,5)6/h8-10,12-14,16-17H,7,11H2,1-6H3,(H,21,23)(H,22,24)/t16-,17+/m1/s1. The van der Waals surface area contributed by atoms with Gasteiger partial charge in [-0.15, -0.1) is 0 Å². The van der Waals surface area contributed by atoms with Crippen LogP contribution in [0, 0.1) is 5.92 Å². The predicted octanol–water partition coefficient (Wildman–Crippen LogP) is 4.19. The molecule has 0 fully saturated rings. The third-order valence-electron chi connectivity index (χ3n) is 3.79. The first-order chi connectivity index (χ1) is 11.6. The molecule has 2 atom stereocenters. The highest BCUT2D eigenvalue weighted by molar-refractivity contribution is 5.87. The van der Waals surface area contributed by atoms with Crippen LogP contribution in [0.2, 0.25) is 0 Å². The monoisotopic (exact) mass is 348 g/mol. The minimum absolute atomic E-state index is 0.0733. The molecule has 0 saturated heterocycles. The topological polar surface area (TPSA) is 67.4 Å². The number of rotatable bonds is 7. The molecule has 0 radical (unpaired) electrons. The molecule has 0 unspecified atom stereocenters. The van der Waals surface area contributed by atoms with E-state index in [0.29, 0.717) is 5.92 Å². The summed E-state index contributed by atoms with van der Waals surface area (Å²) >= 11 is 0. The Labute approximate surface area is 151 Å². The molecule has 0 bridgehead atoms. The fraction of sp³-hybridized carbons (Fsp3) is 0.600. The summed E-state index contributed by atoms with van der Waals surface area (Å²) < 4.78 is 5.31. The summed E-state index contributed by atoms with van der Waals surface area (Å²) in [5.74, 6) is 0.103. The van der Waals surface area contributed by atoms with Gasteiger partial charge < -0.3 is 15.4 Å². The lowest BCUT2D eigenvalue weighted by Crippen LogP contribution is -2.47. The largest absolute Gasteiger partial charge is 0.444 e.